The second kappa shape index (κ2) is 15.7. The minimum Gasteiger partial charge on any atom is -0.506 e. The Bertz CT molecular complexity index is 3640. The van der Waals surface area contributed by atoms with Gasteiger partial charge in [0.15, 0.2) is 5.75 Å². The Morgan fingerprint density at radius 2 is 1.06 bits per heavy atom. The van der Waals surface area contributed by atoms with E-state index in [1.165, 1.54) is 54.6 Å². The van der Waals surface area contributed by atoms with Crippen LogP contribution in [0.25, 0.3) is 32.3 Å². The van der Waals surface area contributed by atoms with Crippen LogP contribution in [0.2, 0.25) is 5.02 Å². The number of hydrogen-bond donors (Lipinski definition) is 7. The van der Waals surface area contributed by atoms with Crippen LogP contribution >= 0.6 is 11.6 Å². The third-order valence-corrected chi connectivity index (χ3v) is 12.8. The van der Waals surface area contributed by atoms with Gasteiger partial charge in [0.2, 0.25) is 0 Å². The lowest BCUT2D eigenvalue weighted by Gasteiger charge is -2.11. The van der Waals surface area contributed by atoms with Gasteiger partial charge in [0.25, 0.3) is 40.5 Å². The van der Waals surface area contributed by atoms with Gasteiger partial charge >= 0.3 is 0 Å². The lowest BCUT2D eigenvalue weighted by molar-refractivity contribution is 0.472. The number of hydrogen-bond acceptors (Lipinski definition) is 17. The molecule has 26 heteroatoms. The molecule has 0 unspecified atom stereocenters. The number of benzene rings is 7. The van der Waals surface area contributed by atoms with Crippen LogP contribution in [-0.2, 0) is 40.5 Å². The molecule has 0 bridgehead atoms. The van der Waals surface area contributed by atoms with Crippen molar-refractivity contribution in [2.75, 3.05) is 5.73 Å². The van der Waals surface area contributed by atoms with Gasteiger partial charge in [0, 0.05) is 27.6 Å². The van der Waals surface area contributed by atoms with E-state index in [9.17, 15) is 62.1 Å². The molecule has 21 nitrogen and oxygen atoms in total. The first-order valence-electron chi connectivity index (χ1n) is 16.8. The molecule has 0 amide bonds. The first-order valence-corrected chi connectivity index (χ1v) is 22.9. The minimum atomic E-state index is -5.22. The molecule has 62 heavy (non-hydrogen) atoms. The molecule has 0 heterocycles. The maximum absolute atomic E-state index is 12.4. The lowest BCUT2D eigenvalue weighted by Crippen LogP contribution is -2.04. The van der Waals surface area contributed by atoms with Gasteiger partial charge in [-0.05, 0) is 77.5 Å². The van der Waals surface area contributed by atoms with Crippen molar-refractivity contribution in [1.82, 2.24) is 0 Å². The van der Waals surface area contributed by atoms with Gasteiger partial charge in [-0.25, -0.2) is 0 Å². The summed E-state index contributed by atoms with van der Waals surface area (Å²) >= 11 is 6.44. The summed E-state index contributed by atoms with van der Waals surface area (Å²) in [6, 6.07) is 19.1. The minimum absolute atomic E-state index is 0.0333. The zero-order valence-corrected chi connectivity index (χ0v) is 34.5. The molecule has 7 aromatic carbocycles. The number of halogens is 1. The number of aromatic hydroxyl groups is 2. The number of azo groups is 3. The van der Waals surface area contributed by atoms with Crippen LogP contribution in [0.4, 0.5) is 39.8 Å². The molecular weight excluding hydrogens is 918 g/mol. The number of fused-ring (bicyclic) bond motifs is 3. The molecule has 318 valence electrons. The van der Waals surface area contributed by atoms with E-state index in [1.807, 2.05) is 0 Å². The van der Waals surface area contributed by atoms with Crippen LogP contribution in [0.1, 0.15) is 0 Å². The summed E-state index contributed by atoms with van der Waals surface area (Å²) < 4.78 is 135. The van der Waals surface area contributed by atoms with Crippen LogP contribution in [0, 0.1) is 0 Å². The average Bonchev–Trinajstić information content (AvgIpc) is 3.18. The number of anilines is 1. The Labute approximate surface area is 354 Å². The highest BCUT2D eigenvalue weighted by atomic mass is 35.5. The second-order valence-electron chi connectivity index (χ2n) is 12.9. The summed E-state index contributed by atoms with van der Waals surface area (Å²) in [7, 11) is -19.4. The number of phenolic OH excluding ortho intramolecular Hbond substituents is 2. The van der Waals surface area contributed by atoms with E-state index in [0.717, 1.165) is 36.4 Å². The third-order valence-electron chi connectivity index (χ3n) is 8.92. The highest BCUT2D eigenvalue weighted by Crippen LogP contribution is 2.45. The van der Waals surface area contributed by atoms with Gasteiger partial charge in [0.1, 0.15) is 37.5 Å². The van der Waals surface area contributed by atoms with Crippen molar-refractivity contribution < 1.29 is 62.1 Å². The van der Waals surface area contributed by atoms with E-state index in [0.29, 0.717) is 5.39 Å². The van der Waals surface area contributed by atoms with Gasteiger partial charge in [-0.15, -0.1) is 25.6 Å². The van der Waals surface area contributed by atoms with Crippen molar-refractivity contribution in [2.24, 2.45) is 30.7 Å². The Morgan fingerprint density at radius 1 is 0.468 bits per heavy atom. The zero-order valence-electron chi connectivity index (χ0n) is 30.5. The second-order valence-corrected chi connectivity index (χ2v) is 18.9. The number of nitrogens with two attached hydrogens (primary N) is 1. The molecular formula is C36H24ClN7O14S4. The number of rotatable bonds is 10. The molecule has 8 N–H and O–H groups in total. The molecule has 0 atom stereocenters. The quantitative estimate of drug-likeness (QED) is 0.0382. The molecule has 0 radical (unpaired) electrons. The maximum atomic E-state index is 12.4. The molecule has 0 fully saturated rings. The Hall–Kier alpha value is -6.55. The van der Waals surface area contributed by atoms with Crippen LogP contribution < -0.4 is 5.73 Å². The van der Waals surface area contributed by atoms with Gasteiger partial charge in [0.05, 0.1) is 32.7 Å². The molecule has 0 saturated heterocycles. The molecule has 7 aromatic rings. The van der Waals surface area contributed by atoms with E-state index >= 15 is 0 Å². The number of nitrogens with zero attached hydrogens (tertiary/aromatic N) is 6. The molecule has 7 rings (SSSR count). The van der Waals surface area contributed by atoms with Crippen LogP contribution in [0.15, 0.2) is 147 Å². The van der Waals surface area contributed by atoms with Crippen LogP contribution in [0.5, 0.6) is 11.5 Å². The molecule has 0 saturated carbocycles. The average molecular weight is 942 g/mol. The van der Waals surface area contributed by atoms with E-state index in [4.69, 9.17) is 17.3 Å². The number of phenols is 2. The summed E-state index contributed by atoms with van der Waals surface area (Å²) in [5, 5.41) is 46.0. The Kier molecular flexibility index (Phi) is 11.0. The van der Waals surface area contributed by atoms with E-state index in [1.54, 1.807) is 6.07 Å². The standard InChI is InChI=1S/C36H24ClN7O14S4/c37-25-15-30(43-39-19-4-6-21-17(10-19)2-1-3-32(21)60(50,51)52)31(45)16-29(25)42-40-27-8-9-28(24-13-20(59(47,48)49)5-7-22(24)27)41-44-35-34(62(56,57)58)12-18-11-33(61(53,54)55)26(38)14-23(18)36(35)46/h1-16,45-46H,38H2,(H,47,48,49)(H,50,51,52)(H,53,54,55)(H,56,57,58). The maximum Gasteiger partial charge on any atom is 0.296 e. The molecule has 0 aliphatic carbocycles. The predicted molar refractivity (Wildman–Crippen MR) is 223 cm³/mol. The van der Waals surface area contributed by atoms with Crippen molar-refractivity contribution >= 4 is 124 Å². The predicted octanol–water partition coefficient (Wildman–Crippen LogP) is 9.03. The lowest BCUT2D eigenvalue weighted by atomic mass is 10.1. The molecule has 0 aliphatic rings. The fourth-order valence-corrected chi connectivity index (χ4v) is 8.79. The van der Waals surface area contributed by atoms with Crippen molar-refractivity contribution in [1.29, 1.82) is 0 Å². The van der Waals surface area contributed by atoms with E-state index in [2.05, 4.69) is 30.7 Å². The fourth-order valence-electron chi connectivity index (χ4n) is 6.09. The molecule has 0 spiro atoms. The zero-order chi connectivity index (χ0) is 45.1. The summed E-state index contributed by atoms with van der Waals surface area (Å²) in [5.41, 5.74) is 4.26. The number of nitrogen functional groups attached to an aromatic ring is 1. The first-order chi connectivity index (χ1) is 28.9. The fraction of sp³-hybridized carbons (Fsp3) is 0. The van der Waals surface area contributed by atoms with Crippen molar-refractivity contribution in [3.05, 3.63) is 102 Å². The highest BCUT2D eigenvalue weighted by molar-refractivity contribution is 7.86. The summed E-state index contributed by atoms with van der Waals surface area (Å²) in [6.45, 7) is 0. The summed E-state index contributed by atoms with van der Waals surface area (Å²) in [6.07, 6.45) is 0. The largest absolute Gasteiger partial charge is 0.506 e. The Balaban J connectivity index is 1.25. The smallest absolute Gasteiger partial charge is 0.296 e. The van der Waals surface area contributed by atoms with E-state index in [-0.39, 0.29) is 65.3 Å². The normalized spacial score (nSPS) is 13.1. The highest BCUT2D eigenvalue weighted by Gasteiger charge is 2.25. The molecule has 0 aliphatic heterocycles. The summed E-state index contributed by atoms with van der Waals surface area (Å²) in [5.74, 6) is -1.39. The van der Waals surface area contributed by atoms with Crippen LogP contribution in [0.3, 0.4) is 0 Å². The first kappa shape index (κ1) is 43.5. The third kappa shape index (κ3) is 8.77. The van der Waals surface area contributed by atoms with Gasteiger partial charge in [-0.3, -0.25) is 18.2 Å². The Morgan fingerprint density at radius 3 is 1.73 bits per heavy atom. The van der Waals surface area contributed by atoms with Crippen LogP contribution in [-0.4, -0.2) is 62.1 Å². The van der Waals surface area contributed by atoms with Gasteiger partial charge < -0.3 is 15.9 Å². The van der Waals surface area contributed by atoms with Crippen molar-refractivity contribution in [2.45, 2.75) is 19.6 Å². The van der Waals surface area contributed by atoms with Gasteiger partial charge in [-0.1, -0.05) is 35.9 Å². The van der Waals surface area contributed by atoms with Crippen molar-refractivity contribution in [3.63, 3.8) is 0 Å². The summed E-state index contributed by atoms with van der Waals surface area (Å²) in [4.78, 5) is -2.78. The molecule has 0 aromatic heterocycles. The monoisotopic (exact) mass is 941 g/mol. The SMILES string of the molecule is Nc1cc2c(O)c(N=Nc3ccc(N=Nc4cc(O)c(N=Nc5ccc6c(S(=O)(=O)O)cccc6c5)cc4Cl)c4ccc(S(=O)(=O)O)cc34)c(S(=O)(=O)O)cc2cc1S(=O)(=O)O. The van der Waals surface area contributed by atoms with Gasteiger partial charge in [-0.2, -0.15) is 38.8 Å². The topological polar surface area (TPSA) is 358 Å². The van der Waals surface area contributed by atoms with Crippen molar-refractivity contribution in [3.8, 4) is 11.5 Å². The van der Waals surface area contributed by atoms with E-state index < -0.39 is 78.0 Å².